The van der Waals surface area contributed by atoms with E-state index < -0.39 is 0 Å². The van der Waals surface area contributed by atoms with Gasteiger partial charge in [0.25, 0.3) is 0 Å². The average Bonchev–Trinajstić information content (AvgIpc) is 2.52. The highest BCUT2D eigenvalue weighted by Gasteiger charge is 2.11. The fraction of sp³-hybridized carbons (Fsp3) is 0.500. The van der Waals surface area contributed by atoms with E-state index in [9.17, 15) is 9.59 Å². The van der Waals surface area contributed by atoms with Crippen molar-refractivity contribution < 1.29 is 14.3 Å². The van der Waals surface area contributed by atoms with Crippen molar-refractivity contribution in [3.05, 3.63) is 35.4 Å². The molecule has 116 valence electrons. The van der Waals surface area contributed by atoms with Crippen LogP contribution in [0.25, 0.3) is 0 Å². The molecule has 0 heterocycles. The molecule has 0 radical (unpaired) electrons. The molecule has 5 heteroatoms. The molecule has 0 saturated heterocycles. The van der Waals surface area contributed by atoms with Gasteiger partial charge in [0.2, 0.25) is 5.91 Å². The first kappa shape index (κ1) is 17.2. The Kier molecular flexibility index (Phi) is 7.46. The number of carbonyl (C=O) groups is 2. The molecule has 0 aliphatic rings. The predicted octanol–water partition coefficient (Wildman–Crippen LogP) is 1.82. The van der Waals surface area contributed by atoms with E-state index >= 15 is 0 Å². The number of hydrogen-bond donors (Lipinski definition) is 1. The van der Waals surface area contributed by atoms with Gasteiger partial charge >= 0.3 is 5.97 Å². The van der Waals surface area contributed by atoms with Crippen LogP contribution < -0.4 is 5.32 Å². The fourth-order valence-corrected chi connectivity index (χ4v) is 2.14. The highest BCUT2D eigenvalue weighted by atomic mass is 16.5. The highest BCUT2D eigenvalue weighted by Crippen LogP contribution is 2.09. The maximum absolute atomic E-state index is 11.8. The number of nitrogens with one attached hydrogen (secondary N) is 1. The van der Waals surface area contributed by atoms with Crippen LogP contribution in [0.15, 0.2) is 24.3 Å². The molecule has 0 aliphatic carbocycles. The summed E-state index contributed by atoms with van der Waals surface area (Å²) in [5.41, 5.74) is 1.43. The van der Waals surface area contributed by atoms with Gasteiger partial charge in [-0.1, -0.05) is 18.2 Å². The Morgan fingerprint density at radius 1 is 1.19 bits per heavy atom. The van der Waals surface area contributed by atoms with Crippen LogP contribution in [0.5, 0.6) is 0 Å². The molecule has 0 bridgehead atoms. The predicted molar refractivity (Wildman–Crippen MR) is 82.0 cm³/mol. The SMILES string of the molecule is CCN(CC)C(=O)CCNCc1ccccc1C(=O)OC. The van der Waals surface area contributed by atoms with E-state index in [1.165, 1.54) is 7.11 Å². The number of carbonyl (C=O) groups excluding carboxylic acids is 2. The van der Waals surface area contributed by atoms with Crippen molar-refractivity contribution in [3.63, 3.8) is 0 Å². The van der Waals surface area contributed by atoms with E-state index in [1.54, 1.807) is 12.1 Å². The fourth-order valence-electron chi connectivity index (χ4n) is 2.14. The third-order valence-corrected chi connectivity index (χ3v) is 3.37. The van der Waals surface area contributed by atoms with Crippen LogP contribution >= 0.6 is 0 Å². The number of nitrogens with zero attached hydrogens (tertiary/aromatic N) is 1. The lowest BCUT2D eigenvalue weighted by Crippen LogP contribution is -2.32. The van der Waals surface area contributed by atoms with Gasteiger partial charge in [0, 0.05) is 32.6 Å². The van der Waals surface area contributed by atoms with Crippen molar-refractivity contribution in [2.45, 2.75) is 26.8 Å². The summed E-state index contributed by atoms with van der Waals surface area (Å²) < 4.78 is 4.75. The molecule has 5 nitrogen and oxygen atoms in total. The van der Waals surface area contributed by atoms with Gasteiger partial charge < -0.3 is 15.0 Å². The second kappa shape index (κ2) is 9.13. The number of esters is 1. The first-order valence-corrected chi connectivity index (χ1v) is 7.28. The molecule has 0 aromatic heterocycles. The molecule has 0 spiro atoms. The first-order chi connectivity index (χ1) is 10.1. The zero-order chi connectivity index (χ0) is 15.7. The Hall–Kier alpha value is -1.88. The van der Waals surface area contributed by atoms with Gasteiger partial charge in [0.1, 0.15) is 0 Å². The van der Waals surface area contributed by atoms with Gasteiger partial charge in [0.05, 0.1) is 12.7 Å². The zero-order valence-corrected chi connectivity index (χ0v) is 13.0. The summed E-state index contributed by atoms with van der Waals surface area (Å²) in [5, 5.41) is 3.20. The third-order valence-electron chi connectivity index (χ3n) is 3.37. The molecule has 1 amide bonds. The number of benzene rings is 1. The summed E-state index contributed by atoms with van der Waals surface area (Å²) in [6.45, 7) is 6.55. The summed E-state index contributed by atoms with van der Waals surface area (Å²) >= 11 is 0. The number of rotatable bonds is 8. The summed E-state index contributed by atoms with van der Waals surface area (Å²) in [6.07, 6.45) is 0.460. The molecule has 0 atom stereocenters. The minimum absolute atomic E-state index is 0.147. The summed E-state index contributed by atoms with van der Waals surface area (Å²) in [4.78, 5) is 25.3. The minimum atomic E-state index is -0.341. The Balaban J connectivity index is 2.46. The van der Waals surface area contributed by atoms with Gasteiger partial charge in [-0.05, 0) is 25.5 Å². The van der Waals surface area contributed by atoms with Crippen molar-refractivity contribution in [1.29, 1.82) is 0 Å². The van der Waals surface area contributed by atoms with Crippen LogP contribution in [-0.4, -0.2) is 43.5 Å². The van der Waals surface area contributed by atoms with E-state index in [2.05, 4.69) is 5.32 Å². The van der Waals surface area contributed by atoms with Crippen molar-refractivity contribution in [2.24, 2.45) is 0 Å². The molecule has 0 saturated carbocycles. The van der Waals surface area contributed by atoms with E-state index in [1.807, 2.05) is 30.9 Å². The maximum Gasteiger partial charge on any atom is 0.338 e. The van der Waals surface area contributed by atoms with E-state index in [0.29, 0.717) is 25.1 Å². The Morgan fingerprint density at radius 3 is 2.48 bits per heavy atom. The number of amides is 1. The number of hydrogen-bond acceptors (Lipinski definition) is 4. The van der Waals surface area contributed by atoms with Crippen LogP contribution in [0, 0.1) is 0 Å². The molecular weight excluding hydrogens is 268 g/mol. The van der Waals surface area contributed by atoms with Crippen LogP contribution in [0.3, 0.4) is 0 Å². The molecule has 1 aromatic carbocycles. The molecular formula is C16H24N2O3. The smallest absolute Gasteiger partial charge is 0.338 e. The van der Waals surface area contributed by atoms with E-state index in [-0.39, 0.29) is 11.9 Å². The largest absolute Gasteiger partial charge is 0.465 e. The Labute approximate surface area is 126 Å². The zero-order valence-electron chi connectivity index (χ0n) is 13.0. The van der Waals surface area contributed by atoms with Crippen molar-refractivity contribution >= 4 is 11.9 Å². The van der Waals surface area contributed by atoms with Crippen molar-refractivity contribution in [2.75, 3.05) is 26.7 Å². The van der Waals surface area contributed by atoms with Crippen LogP contribution in [-0.2, 0) is 16.1 Å². The molecule has 0 fully saturated rings. The summed E-state index contributed by atoms with van der Waals surface area (Å²) in [5.74, 6) is -0.194. The lowest BCUT2D eigenvalue weighted by molar-refractivity contribution is -0.130. The molecule has 21 heavy (non-hydrogen) atoms. The van der Waals surface area contributed by atoms with Gasteiger partial charge in [-0.15, -0.1) is 0 Å². The first-order valence-electron chi connectivity index (χ1n) is 7.28. The maximum atomic E-state index is 11.8. The normalized spacial score (nSPS) is 10.2. The van der Waals surface area contributed by atoms with E-state index in [4.69, 9.17) is 4.74 Å². The number of methoxy groups -OCH3 is 1. The summed E-state index contributed by atoms with van der Waals surface area (Å²) in [7, 11) is 1.37. The van der Waals surface area contributed by atoms with Crippen LogP contribution in [0.4, 0.5) is 0 Å². The quantitative estimate of drug-likeness (QED) is 0.586. The Morgan fingerprint density at radius 2 is 1.86 bits per heavy atom. The van der Waals surface area contributed by atoms with E-state index in [0.717, 1.165) is 18.7 Å². The molecule has 0 aliphatic heterocycles. The molecule has 1 rings (SSSR count). The van der Waals surface area contributed by atoms with Crippen molar-refractivity contribution in [3.8, 4) is 0 Å². The minimum Gasteiger partial charge on any atom is -0.465 e. The Bertz CT molecular complexity index is 470. The van der Waals surface area contributed by atoms with Gasteiger partial charge in [-0.3, -0.25) is 4.79 Å². The lowest BCUT2D eigenvalue weighted by Gasteiger charge is -2.18. The standard InChI is InChI=1S/C16H24N2O3/c1-4-18(5-2)15(19)10-11-17-12-13-8-6-7-9-14(13)16(20)21-3/h6-9,17H,4-5,10-12H2,1-3H3. The third kappa shape index (κ3) is 5.19. The second-order valence-corrected chi connectivity index (χ2v) is 4.64. The average molecular weight is 292 g/mol. The van der Waals surface area contributed by atoms with Gasteiger partial charge in [0.15, 0.2) is 0 Å². The molecule has 1 N–H and O–H groups in total. The molecule has 0 unspecified atom stereocenters. The van der Waals surface area contributed by atoms with Crippen molar-refractivity contribution in [1.82, 2.24) is 10.2 Å². The van der Waals surface area contributed by atoms with Crippen LogP contribution in [0.1, 0.15) is 36.2 Å². The van der Waals surface area contributed by atoms with Gasteiger partial charge in [-0.2, -0.15) is 0 Å². The molecule has 1 aromatic rings. The number of ether oxygens (including phenoxy) is 1. The van der Waals surface area contributed by atoms with Crippen LogP contribution in [0.2, 0.25) is 0 Å². The highest BCUT2D eigenvalue weighted by molar-refractivity contribution is 5.90. The monoisotopic (exact) mass is 292 g/mol. The topological polar surface area (TPSA) is 58.6 Å². The lowest BCUT2D eigenvalue weighted by atomic mass is 10.1. The summed E-state index contributed by atoms with van der Waals surface area (Å²) in [6, 6.07) is 7.31. The van der Waals surface area contributed by atoms with Gasteiger partial charge in [-0.25, -0.2) is 4.79 Å². The second-order valence-electron chi connectivity index (χ2n) is 4.64.